The topological polar surface area (TPSA) is 76.7 Å². The molecular weight excluding hydrogens is 560 g/mol. The van der Waals surface area contributed by atoms with E-state index in [1.807, 2.05) is 32.9 Å². The zero-order valence-electron chi connectivity index (χ0n) is 15.4. The lowest BCUT2D eigenvalue weighted by Crippen LogP contribution is -2.44. The summed E-state index contributed by atoms with van der Waals surface area (Å²) in [6.45, 7) is 5.35. The van der Waals surface area contributed by atoms with E-state index in [9.17, 15) is 9.59 Å². The monoisotopic (exact) mass is 576 g/mol. The molecule has 6 nitrogen and oxygen atoms in total. The van der Waals surface area contributed by atoms with E-state index in [1.54, 1.807) is 18.2 Å². The van der Waals surface area contributed by atoms with Crippen molar-refractivity contribution < 1.29 is 19.1 Å². The Morgan fingerprint density at radius 2 is 1.75 bits per heavy atom. The number of amides is 2. The van der Waals surface area contributed by atoms with Gasteiger partial charge >= 0.3 is 0 Å². The first-order valence-corrected chi connectivity index (χ1v) is 10.7. The molecule has 28 heavy (non-hydrogen) atoms. The van der Waals surface area contributed by atoms with Crippen molar-refractivity contribution >= 4 is 59.6 Å². The van der Waals surface area contributed by atoms with Gasteiger partial charge in [-0.25, -0.2) is 0 Å². The van der Waals surface area contributed by atoms with E-state index in [2.05, 4.69) is 58.6 Å². The summed E-state index contributed by atoms with van der Waals surface area (Å²) in [6.07, 6.45) is -0.0942. The first kappa shape index (κ1) is 22.7. The third kappa shape index (κ3) is 6.49. The van der Waals surface area contributed by atoms with Crippen molar-refractivity contribution in [2.45, 2.75) is 26.9 Å². The average Bonchev–Trinajstić information content (AvgIpc) is 2.59. The standard InChI is InChI=1S/C19H19Br3N2O4/c1-10(2)28-16-5-4-12(20)7-14(16)19(26)24-23-17(25)9-27-18-11(3)6-13(21)8-15(18)22/h4-8,10H,9H2,1-3H3,(H,23,25)(H,24,26). The van der Waals surface area contributed by atoms with E-state index < -0.39 is 11.8 Å². The number of carbonyl (C=O) groups is 2. The van der Waals surface area contributed by atoms with Gasteiger partial charge in [0.1, 0.15) is 11.5 Å². The van der Waals surface area contributed by atoms with Crippen molar-refractivity contribution in [2.24, 2.45) is 0 Å². The van der Waals surface area contributed by atoms with Gasteiger partial charge in [0.05, 0.1) is 16.1 Å². The van der Waals surface area contributed by atoms with Gasteiger partial charge in [-0.2, -0.15) is 0 Å². The highest BCUT2D eigenvalue weighted by atomic mass is 79.9. The van der Waals surface area contributed by atoms with E-state index in [-0.39, 0.29) is 12.7 Å². The van der Waals surface area contributed by atoms with Crippen molar-refractivity contribution in [3.8, 4) is 11.5 Å². The predicted octanol–water partition coefficient (Wildman–Crippen LogP) is 4.91. The van der Waals surface area contributed by atoms with Crippen LogP contribution in [0.2, 0.25) is 0 Å². The largest absolute Gasteiger partial charge is 0.490 e. The van der Waals surface area contributed by atoms with Gasteiger partial charge in [0.25, 0.3) is 11.8 Å². The number of hydrogen-bond acceptors (Lipinski definition) is 4. The average molecular weight is 579 g/mol. The summed E-state index contributed by atoms with van der Waals surface area (Å²) in [7, 11) is 0. The molecule has 2 rings (SSSR count). The molecule has 0 spiro atoms. The normalized spacial score (nSPS) is 10.5. The van der Waals surface area contributed by atoms with Crippen LogP contribution in [0.4, 0.5) is 0 Å². The number of carbonyl (C=O) groups excluding carboxylic acids is 2. The van der Waals surface area contributed by atoms with Gasteiger partial charge in [0, 0.05) is 8.95 Å². The lowest BCUT2D eigenvalue weighted by molar-refractivity contribution is -0.123. The fraction of sp³-hybridized carbons (Fsp3) is 0.263. The molecule has 0 fully saturated rings. The molecule has 0 atom stereocenters. The minimum absolute atomic E-state index is 0.0942. The highest BCUT2D eigenvalue weighted by Gasteiger charge is 2.16. The Labute approximate surface area is 188 Å². The lowest BCUT2D eigenvalue weighted by atomic mass is 10.2. The summed E-state index contributed by atoms with van der Waals surface area (Å²) < 4.78 is 13.5. The highest BCUT2D eigenvalue weighted by molar-refractivity contribution is 9.11. The van der Waals surface area contributed by atoms with Crippen LogP contribution in [-0.2, 0) is 4.79 Å². The number of rotatable bonds is 6. The Hall–Kier alpha value is -1.58. The highest BCUT2D eigenvalue weighted by Crippen LogP contribution is 2.32. The minimum atomic E-state index is -0.496. The zero-order valence-corrected chi connectivity index (χ0v) is 20.2. The van der Waals surface area contributed by atoms with Crippen molar-refractivity contribution in [1.29, 1.82) is 0 Å². The lowest BCUT2D eigenvalue weighted by Gasteiger charge is -2.15. The Balaban J connectivity index is 1.96. The van der Waals surface area contributed by atoms with Crippen molar-refractivity contribution in [1.82, 2.24) is 10.9 Å². The molecule has 2 aromatic carbocycles. The Bertz CT molecular complexity index is 864. The number of halogens is 3. The number of hydrogen-bond donors (Lipinski definition) is 2. The van der Waals surface area contributed by atoms with Gasteiger partial charge in [0.15, 0.2) is 6.61 Å². The molecule has 150 valence electrons. The summed E-state index contributed by atoms with van der Waals surface area (Å²) in [5.41, 5.74) is 5.88. The van der Waals surface area contributed by atoms with Crippen LogP contribution in [0.1, 0.15) is 29.8 Å². The molecule has 0 unspecified atom stereocenters. The molecule has 0 aliphatic rings. The van der Waals surface area contributed by atoms with Crippen molar-refractivity contribution in [3.05, 3.63) is 54.9 Å². The smallest absolute Gasteiger partial charge is 0.276 e. The van der Waals surface area contributed by atoms with Gasteiger partial charge in [-0.05, 0) is 72.6 Å². The first-order chi connectivity index (χ1) is 13.2. The Morgan fingerprint density at radius 3 is 2.39 bits per heavy atom. The summed E-state index contributed by atoms with van der Waals surface area (Å²) in [5.74, 6) is -0.00454. The molecule has 0 saturated heterocycles. The third-order valence-electron chi connectivity index (χ3n) is 3.41. The molecule has 0 bridgehead atoms. The second-order valence-electron chi connectivity index (χ2n) is 6.13. The number of hydrazine groups is 1. The van der Waals surface area contributed by atoms with Crippen LogP contribution in [-0.4, -0.2) is 24.5 Å². The molecule has 0 aromatic heterocycles. The fourth-order valence-electron chi connectivity index (χ4n) is 2.28. The maximum atomic E-state index is 12.4. The van der Waals surface area contributed by atoms with Gasteiger partial charge in [0.2, 0.25) is 0 Å². The molecule has 0 saturated carbocycles. The predicted molar refractivity (Wildman–Crippen MR) is 118 cm³/mol. The first-order valence-electron chi connectivity index (χ1n) is 8.31. The Morgan fingerprint density at radius 1 is 1.04 bits per heavy atom. The molecule has 2 N–H and O–H groups in total. The summed E-state index contributed by atoms with van der Waals surface area (Å²) in [6, 6.07) is 8.80. The van der Waals surface area contributed by atoms with E-state index >= 15 is 0 Å². The number of ether oxygens (including phenoxy) is 2. The molecule has 2 aromatic rings. The van der Waals surface area contributed by atoms with E-state index in [0.29, 0.717) is 17.1 Å². The second kappa shape index (κ2) is 10.3. The van der Waals surface area contributed by atoms with Gasteiger partial charge in [-0.1, -0.05) is 31.9 Å². The number of nitrogens with one attached hydrogen (secondary N) is 2. The van der Waals surface area contributed by atoms with E-state index in [0.717, 1.165) is 19.0 Å². The van der Waals surface area contributed by atoms with Crippen LogP contribution in [0.15, 0.2) is 43.7 Å². The summed E-state index contributed by atoms with van der Waals surface area (Å²) in [4.78, 5) is 24.5. The minimum Gasteiger partial charge on any atom is -0.490 e. The molecule has 2 amide bonds. The number of benzene rings is 2. The second-order valence-corrected chi connectivity index (χ2v) is 8.82. The van der Waals surface area contributed by atoms with Crippen molar-refractivity contribution in [2.75, 3.05) is 6.61 Å². The van der Waals surface area contributed by atoms with E-state index in [1.165, 1.54) is 0 Å². The maximum absolute atomic E-state index is 12.4. The zero-order chi connectivity index (χ0) is 20.8. The fourth-order valence-corrected chi connectivity index (χ4v) is 4.19. The number of aryl methyl sites for hydroxylation is 1. The van der Waals surface area contributed by atoms with Crippen LogP contribution in [0.3, 0.4) is 0 Å². The molecule has 0 aliphatic heterocycles. The third-order valence-corrected chi connectivity index (χ3v) is 4.95. The quantitative estimate of drug-likeness (QED) is 0.478. The molecule has 0 radical (unpaired) electrons. The van der Waals surface area contributed by atoms with Crippen LogP contribution >= 0.6 is 47.8 Å². The van der Waals surface area contributed by atoms with Crippen LogP contribution < -0.4 is 20.3 Å². The van der Waals surface area contributed by atoms with Crippen LogP contribution in [0.5, 0.6) is 11.5 Å². The molecule has 9 heteroatoms. The molecule has 0 aliphatic carbocycles. The SMILES string of the molecule is Cc1cc(Br)cc(Br)c1OCC(=O)NNC(=O)c1cc(Br)ccc1OC(C)C. The summed E-state index contributed by atoms with van der Waals surface area (Å²) in [5, 5.41) is 0. The maximum Gasteiger partial charge on any atom is 0.276 e. The van der Waals surface area contributed by atoms with Gasteiger partial charge < -0.3 is 9.47 Å². The van der Waals surface area contributed by atoms with Crippen molar-refractivity contribution in [3.63, 3.8) is 0 Å². The van der Waals surface area contributed by atoms with Gasteiger partial charge in [-0.3, -0.25) is 20.4 Å². The molecular formula is C19H19Br3N2O4. The Kier molecular flexibility index (Phi) is 8.33. The van der Waals surface area contributed by atoms with Gasteiger partial charge in [-0.15, -0.1) is 0 Å². The van der Waals surface area contributed by atoms with E-state index in [4.69, 9.17) is 9.47 Å². The summed E-state index contributed by atoms with van der Waals surface area (Å²) >= 11 is 10.1. The molecule has 0 heterocycles. The van der Waals surface area contributed by atoms with Crippen LogP contribution in [0, 0.1) is 6.92 Å². The van der Waals surface area contributed by atoms with Crippen LogP contribution in [0.25, 0.3) is 0 Å².